The second-order valence-corrected chi connectivity index (χ2v) is 11.0. The summed E-state index contributed by atoms with van der Waals surface area (Å²) in [5.41, 5.74) is 0.0774. The summed E-state index contributed by atoms with van der Waals surface area (Å²) in [6.07, 6.45) is 6.45. The van der Waals surface area contributed by atoms with Crippen molar-refractivity contribution in [1.82, 2.24) is 5.32 Å². The molecule has 2 bridgehead atoms. The van der Waals surface area contributed by atoms with Crippen molar-refractivity contribution in [3.8, 4) is 0 Å². The maximum absolute atomic E-state index is 11.9. The molecule has 1 amide bonds. The molecule has 2 unspecified atom stereocenters. The first-order chi connectivity index (χ1) is 10.9. The van der Waals surface area contributed by atoms with E-state index >= 15 is 0 Å². The van der Waals surface area contributed by atoms with Crippen LogP contribution in [0, 0.1) is 16.7 Å². The molecular weight excluding hydrogens is 357 g/mol. The van der Waals surface area contributed by atoms with Crippen molar-refractivity contribution in [2.45, 2.75) is 74.7 Å². The molecule has 1 N–H and O–H groups in total. The van der Waals surface area contributed by atoms with Gasteiger partial charge in [0.1, 0.15) is 0 Å². The first-order valence-corrected chi connectivity index (χ1v) is 11.3. The molecule has 23 heavy (non-hydrogen) atoms. The molecule has 130 valence electrons. The Hall–Kier alpha value is -0.251. The first kappa shape index (κ1) is 16.2. The Bertz CT molecular complexity index is 504. The number of ether oxygens (including phenoxy) is 2. The standard InChI is InChI=1S/C18H29NO3Se/c1-16(2)13-7-8-17(16,3)18(11-19-15(20)22-18)14(13)23-10-12-6-4-5-9-21-12/h12-14H,4-11H2,1-3H3,(H,19,20)/t12?,13-,14+,17-,18?/m1/s1. The summed E-state index contributed by atoms with van der Waals surface area (Å²) >= 11 is 0.467. The number of rotatable bonds is 3. The number of hydrogen-bond donors (Lipinski definition) is 1. The summed E-state index contributed by atoms with van der Waals surface area (Å²) in [7, 11) is 0. The van der Waals surface area contributed by atoms with Crippen molar-refractivity contribution < 1.29 is 14.3 Å². The van der Waals surface area contributed by atoms with E-state index in [0.717, 1.165) is 6.61 Å². The van der Waals surface area contributed by atoms with Crippen LogP contribution in [0.15, 0.2) is 0 Å². The van der Waals surface area contributed by atoms with E-state index in [0.29, 0.717) is 38.3 Å². The minimum atomic E-state index is -0.273. The summed E-state index contributed by atoms with van der Waals surface area (Å²) in [6.45, 7) is 8.83. The van der Waals surface area contributed by atoms with Crippen LogP contribution >= 0.6 is 0 Å². The second kappa shape index (κ2) is 5.37. The third kappa shape index (κ3) is 2.09. The molecule has 0 aromatic rings. The molecule has 4 fully saturated rings. The van der Waals surface area contributed by atoms with E-state index in [1.54, 1.807) is 0 Å². The topological polar surface area (TPSA) is 47.6 Å². The predicted molar refractivity (Wildman–Crippen MR) is 89.7 cm³/mol. The molecule has 2 heterocycles. The molecule has 5 atom stereocenters. The van der Waals surface area contributed by atoms with Crippen LogP contribution in [0.3, 0.4) is 0 Å². The summed E-state index contributed by atoms with van der Waals surface area (Å²) < 4.78 is 12.0. The molecule has 0 radical (unpaired) electrons. The normalized spacial score (nSPS) is 47.8. The third-order valence-electron chi connectivity index (χ3n) is 7.57. The molecule has 2 aliphatic heterocycles. The molecule has 2 saturated heterocycles. The molecule has 4 aliphatic rings. The Morgan fingerprint density at radius 2 is 2.09 bits per heavy atom. The van der Waals surface area contributed by atoms with Gasteiger partial charge in [0.05, 0.1) is 0 Å². The van der Waals surface area contributed by atoms with Crippen LogP contribution in [0.1, 0.15) is 52.9 Å². The average molecular weight is 386 g/mol. The van der Waals surface area contributed by atoms with Gasteiger partial charge in [0, 0.05) is 0 Å². The number of amides is 1. The van der Waals surface area contributed by atoms with Crippen LogP contribution in [0.4, 0.5) is 4.79 Å². The number of fused-ring (bicyclic) bond motifs is 3. The van der Waals surface area contributed by atoms with Crippen LogP contribution in [-0.2, 0) is 9.47 Å². The van der Waals surface area contributed by atoms with E-state index in [1.807, 2.05) is 0 Å². The molecule has 2 saturated carbocycles. The van der Waals surface area contributed by atoms with Gasteiger partial charge in [-0.25, -0.2) is 0 Å². The number of carbonyl (C=O) groups is 1. The van der Waals surface area contributed by atoms with Gasteiger partial charge >= 0.3 is 145 Å². The van der Waals surface area contributed by atoms with Crippen molar-refractivity contribution in [3.63, 3.8) is 0 Å². The Labute approximate surface area is 145 Å². The fourth-order valence-corrected chi connectivity index (χ4v) is 10.1. The van der Waals surface area contributed by atoms with Gasteiger partial charge in [-0.15, -0.1) is 0 Å². The molecule has 2 aliphatic carbocycles. The van der Waals surface area contributed by atoms with Gasteiger partial charge in [0.2, 0.25) is 0 Å². The van der Waals surface area contributed by atoms with Gasteiger partial charge in [-0.1, -0.05) is 0 Å². The van der Waals surface area contributed by atoms with Gasteiger partial charge in [-0.05, 0) is 0 Å². The van der Waals surface area contributed by atoms with E-state index in [1.165, 1.54) is 37.4 Å². The molecule has 0 aromatic heterocycles. The number of nitrogens with one attached hydrogen (secondary N) is 1. The van der Waals surface area contributed by atoms with Crippen molar-refractivity contribution in [2.24, 2.45) is 16.7 Å². The monoisotopic (exact) mass is 387 g/mol. The van der Waals surface area contributed by atoms with Crippen molar-refractivity contribution >= 4 is 21.1 Å². The van der Waals surface area contributed by atoms with Crippen LogP contribution in [-0.4, -0.2) is 45.9 Å². The summed E-state index contributed by atoms with van der Waals surface area (Å²) in [5, 5.41) is 4.17. The molecule has 5 heteroatoms. The maximum atomic E-state index is 11.9. The molecule has 4 rings (SSSR count). The van der Waals surface area contributed by atoms with E-state index in [-0.39, 0.29) is 22.5 Å². The quantitative estimate of drug-likeness (QED) is 0.757. The second-order valence-electron chi connectivity index (χ2n) is 8.57. The Balaban J connectivity index is 1.58. The number of alkyl carbamates (subject to hydrolysis) is 1. The molecule has 1 spiro atoms. The zero-order valence-electron chi connectivity index (χ0n) is 14.5. The summed E-state index contributed by atoms with van der Waals surface area (Å²) in [5.74, 6) is 0.684. The van der Waals surface area contributed by atoms with Crippen molar-refractivity contribution in [2.75, 3.05) is 13.2 Å². The summed E-state index contributed by atoms with van der Waals surface area (Å²) in [4.78, 5) is 12.5. The van der Waals surface area contributed by atoms with E-state index in [9.17, 15) is 4.79 Å². The van der Waals surface area contributed by atoms with Gasteiger partial charge in [0.15, 0.2) is 0 Å². The van der Waals surface area contributed by atoms with Crippen LogP contribution in [0.25, 0.3) is 0 Å². The Morgan fingerprint density at radius 1 is 1.26 bits per heavy atom. The Morgan fingerprint density at radius 3 is 2.74 bits per heavy atom. The van der Waals surface area contributed by atoms with Gasteiger partial charge < -0.3 is 0 Å². The average Bonchev–Trinajstić information content (AvgIpc) is 3.06. The van der Waals surface area contributed by atoms with Crippen LogP contribution in [0.5, 0.6) is 0 Å². The molecule has 0 aromatic carbocycles. The van der Waals surface area contributed by atoms with E-state index < -0.39 is 0 Å². The molecular formula is C18H29NO3Se. The number of carbonyl (C=O) groups excluding carboxylic acids is 1. The van der Waals surface area contributed by atoms with Crippen molar-refractivity contribution in [3.05, 3.63) is 0 Å². The predicted octanol–water partition coefficient (Wildman–Crippen LogP) is 3.40. The zero-order valence-corrected chi connectivity index (χ0v) is 16.2. The summed E-state index contributed by atoms with van der Waals surface area (Å²) in [6, 6.07) is 0. The van der Waals surface area contributed by atoms with E-state index in [2.05, 4.69) is 26.1 Å². The van der Waals surface area contributed by atoms with Crippen molar-refractivity contribution in [1.29, 1.82) is 0 Å². The number of hydrogen-bond acceptors (Lipinski definition) is 3. The molecule has 4 nitrogen and oxygen atoms in total. The van der Waals surface area contributed by atoms with Gasteiger partial charge in [-0.3, -0.25) is 0 Å². The van der Waals surface area contributed by atoms with Crippen LogP contribution < -0.4 is 5.32 Å². The van der Waals surface area contributed by atoms with Gasteiger partial charge in [0.25, 0.3) is 0 Å². The van der Waals surface area contributed by atoms with Gasteiger partial charge in [-0.2, -0.15) is 0 Å². The van der Waals surface area contributed by atoms with Crippen LogP contribution in [0.2, 0.25) is 10.1 Å². The fourth-order valence-electron chi connectivity index (χ4n) is 5.77. The SMILES string of the molecule is CC1(C)[C@@H]2CC[C@@]1(C)C1(CNC(=O)O1)[C@H]2[Se]CC1CCCCO1. The van der Waals surface area contributed by atoms with E-state index in [4.69, 9.17) is 9.47 Å². The zero-order chi connectivity index (χ0) is 16.3. The third-order valence-corrected chi connectivity index (χ3v) is 11.0. The fraction of sp³-hybridized carbons (Fsp3) is 0.944. The Kier molecular flexibility index (Phi) is 3.79. The first-order valence-electron chi connectivity index (χ1n) is 9.11. The minimum absolute atomic E-state index is 0.101.